The Balaban J connectivity index is 1.91. The number of hydrogen-bond acceptors (Lipinski definition) is 3. The monoisotopic (exact) mass is 278 g/mol. The van der Waals surface area contributed by atoms with Crippen LogP contribution < -0.4 is 9.47 Å². The second-order valence-corrected chi connectivity index (χ2v) is 5.00. The molecule has 0 radical (unpaired) electrons. The quantitative estimate of drug-likeness (QED) is 0.776. The molecule has 0 bridgehead atoms. The number of ether oxygens (including phenoxy) is 2. The van der Waals surface area contributed by atoms with Gasteiger partial charge >= 0.3 is 0 Å². The minimum Gasteiger partial charge on any atom is -0.490 e. The van der Waals surface area contributed by atoms with Crippen LogP contribution in [0.1, 0.15) is 28.9 Å². The Morgan fingerprint density at radius 1 is 1.05 bits per heavy atom. The van der Waals surface area contributed by atoms with Gasteiger partial charge in [-0.3, -0.25) is 0 Å². The summed E-state index contributed by atoms with van der Waals surface area (Å²) in [5.74, 6) is 3.13. The van der Waals surface area contributed by atoms with Gasteiger partial charge in [0.25, 0.3) is 0 Å². The van der Waals surface area contributed by atoms with Crippen LogP contribution in [0.5, 0.6) is 11.5 Å². The first kappa shape index (κ1) is 12.4. The minimum absolute atomic E-state index is 0.314. The van der Waals surface area contributed by atoms with E-state index in [0.717, 1.165) is 35.0 Å². The average molecular weight is 279 g/mol. The summed E-state index contributed by atoms with van der Waals surface area (Å²) in [5, 5.41) is -0.314. The van der Waals surface area contributed by atoms with E-state index in [9.17, 15) is 0 Å². The summed E-state index contributed by atoms with van der Waals surface area (Å²) >= 11 is 6.44. The number of halogens is 1. The molecule has 1 atom stereocenters. The molecule has 0 fully saturated rings. The predicted molar refractivity (Wildman–Crippen MR) is 73.2 cm³/mol. The maximum absolute atomic E-state index is 6.44. The van der Waals surface area contributed by atoms with Gasteiger partial charge in [-0.05, 0) is 36.8 Å². The van der Waals surface area contributed by atoms with Gasteiger partial charge in [-0.1, -0.05) is 6.07 Å². The molecular formula is C15H15ClO3. The molecule has 0 N–H and O–H groups in total. The van der Waals surface area contributed by atoms with Gasteiger partial charge in [-0.25, -0.2) is 0 Å². The zero-order chi connectivity index (χ0) is 13.2. The fraction of sp³-hybridized carbons (Fsp3) is 0.333. The van der Waals surface area contributed by atoms with Gasteiger partial charge in [0.15, 0.2) is 11.5 Å². The fourth-order valence-electron chi connectivity index (χ4n) is 2.09. The van der Waals surface area contributed by atoms with Gasteiger partial charge in [0.2, 0.25) is 0 Å². The first-order chi connectivity index (χ1) is 9.24. The van der Waals surface area contributed by atoms with Gasteiger partial charge in [-0.2, -0.15) is 0 Å². The van der Waals surface area contributed by atoms with Crippen LogP contribution in [0.2, 0.25) is 0 Å². The molecule has 0 spiro atoms. The number of alkyl halides is 1. The lowest BCUT2D eigenvalue weighted by molar-refractivity contribution is 0.297. The molecule has 100 valence electrons. The molecule has 1 unspecified atom stereocenters. The number of hydrogen-bond donors (Lipinski definition) is 0. The van der Waals surface area contributed by atoms with Crippen LogP contribution in [0, 0.1) is 6.92 Å². The molecule has 2 aromatic rings. The lowest BCUT2D eigenvalue weighted by atomic mass is 10.1. The van der Waals surface area contributed by atoms with Crippen molar-refractivity contribution in [2.24, 2.45) is 0 Å². The first-order valence-electron chi connectivity index (χ1n) is 6.34. The lowest BCUT2D eigenvalue weighted by Crippen LogP contribution is -1.97. The van der Waals surface area contributed by atoms with Gasteiger partial charge in [0.05, 0.1) is 13.2 Å². The van der Waals surface area contributed by atoms with Gasteiger partial charge in [0, 0.05) is 6.42 Å². The lowest BCUT2D eigenvalue weighted by Gasteiger charge is -2.11. The maximum atomic E-state index is 6.44. The van der Waals surface area contributed by atoms with Gasteiger partial charge < -0.3 is 13.9 Å². The molecule has 1 aliphatic heterocycles. The molecule has 2 heterocycles. The zero-order valence-electron chi connectivity index (χ0n) is 10.7. The summed E-state index contributed by atoms with van der Waals surface area (Å²) in [6.45, 7) is 3.26. The summed E-state index contributed by atoms with van der Waals surface area (Å²) in [6, 6.07) is 9.59. The molecule has 1 aromatic carbocycles. The molecule has 19 heavy (non-hydrogen) atoms. The van der Waals surface area contributed by atoms with Crippen molar-refractivity contribution in [3.05, 3.63) is 47.4 Å². The van der Waals surface area contributed by atoms with E-state index in [0.29, 0.717) is 13.2 Å². The van der Waals surface area contributed by atoms with Crippen LogP contribution in [-0.4, -0.2) is 13.2 Å². The van der Waals surface area contributed by atoms with Crippen LogP contribution in [0.3, 0.4) is 0 Å². The molecule has 1 aliphatic rings. The Morgan fingerprint density at radius 2 is 1.84 bits per heavy atom. The normalized spacial score (nSPS) is 15.9. The summed E-state index contributed by atoms with van der Waals surface area (Å²) in [7, 11) is 0. The number of rotatable bonds is 2. The Labute approximate surface area is 117 Å². The number of aryl methyl sites for hydroxylation is 1. The molecule has 1 aromatic heterocycles. The Hall–Kier alpha value is -1.61. The topological polar surface area (TPSA) is 31.6 Å². The molecule has 3 rings (SSSR count). The van der Waals surface area contributed by atoms with Crippen molar-refractivity contribution in [3.8, 4) is 11.5 Å². The van der Waals surface area contributed by atoms with Crippen molar-refractivity contribution >= 4 is 11.6 Å². The van der Waals surface area contributed by atoms with E-state index in [4.69, 9.17) is 25.5 Å². The average Bonchev–Trinajstić information content (AvgIpc) is 2.72. The smallest absolute Gasteiger partial charge is 0.161 e. The van der Waals surface area contributed by atoms with E-state index in [-0.39, 0.29) is 5.38 Å². The Kier molecular flexibility index (Phi) is 3.38. The third kappa shape index (κ3) is 2.56. The number of furan rings is 1. The van der Waals surface area contributed by atoms with E-state index in [1.807, 2.05) is 37.3 Å². The third-order valence-corrected chi connectivity index (χ3v) is 3.54. The summed E-state index contributed by atoms with van der Waals surface area (Å²) in [4.78, 5) is 0. The Morgan fingerprint density at radius 3 is 2.58 bits per heavy atom. The van der Waals surface area contributed by atoms with Crippen LogP contribution in [0.15, 0.2) is 34.7 Å². The molecule has 0 amide bonds. The van der Waals surface area contributed by atoms with Crippen molar-refractivity contribution in [2.45, 2.75) is 18.7 Å². The van der Waals surface area contributed by atoms with Crippen molar-refractivity contribution in [1.29, 1.82) is 0 Å². The van der Waals surface area contributed by atoms with Crippen molar-refractivity contribution in [2.75, 3.05) is 13.2 Å². The summed E-state index contributed by atoms with van der Waals surface area (Å²) in [6.07, 6.45) is 0.895. The van der Waals surface area contributed by atoms with E-state index < -0.39 is 0 Å². The summed E-state index contributed by atoms with van der Waals surface area (Å²) < 4.78 is 16.8. The molecule has 3 nitrogen and oxygen atoms in total. The SMILES string of the molecule is Cc1ccc(C(Cl)c2ccc3c(c2)OCCCO3)o1. The standard InChI is InChI=1S/C15H15ClO3/c1-10-3-5-13(19-10)15(16)11-4-6-12-14(9-11)18-8-2-7-17-12/h3-6,9,15H,2,7-8H2,1H3. The largest absolute Gasteiger partial charge is 0.490 e. The van der Waals surface area contributed by atoms with E-state index in [1.54, 1.807) is 0 Å². The highest BCUT2D eigenvalue weighted by Crippen LogP contribution is 2.36. The highest BCUT2D eigenvalue weighted by molar-refractivity contribution is 6.22. The van der Waals surface area contributed by atoms with Crippen LogP contribution in [0.25, 0.3) is 0 Å². The van der Waals surface area contributed by atoms with Gasteiger partial charge in [-0.15, -0.1) is 11.6 Å². The highest BCUT2D eigenvalue weighted by Gasteiger charge is 2.18. The van der Waals surface area contributed by atoms with Crippen molar-refractivity contribution in [3.63, 3.8) is 0 Å². The number of benzene rings is 1. The molecule has 0 saturated carbocycles. The van der Waals surface area contributed by atoms with E-state index >= 15 is 0 Å². The second kappa shape index (κ2) is 5.17. The molecule has 0 saturated heterocycles. The fourth-order valence-corrected chi connectivity index (χ4v) is 2.34. The zero-order valence-corrected chi connectivity index (χ0v) is 11.4. The molecule has 4 heteroatoms. The highest BCUT2D eigenvalue weighted by atomic mass is 35.5. The van der Waals surface area contributed by atoms with Crippen LogP contribution >= 0.6 is 11.6 Å². The third-order valence-electron chi connectivity index (χ3n) is 3.08. The first-order valence-corrected chi connectivity index (χ1v) is 6.77. The minimum atomic E-state index is -0.314. The second-order valence-electron chi connectivity index (χ2n) is 4.57. The predicted octanol–water partition coefficient (Wildman–Crippen LogP) is 4.08. The van der Waals surface area contributed by atoms with Crippen LogP contribution in [-0.2, 0) is 0 Å². The van der Waals surface area contributed by atoms with Crippen LogP contribution in [0.4, 0.5) is 0 Å². The van der Waals surface area contributed by atoms with E-state index in [1.165, 1.54) is 0 Å². The number of fused-ring (bicyclic) bond motifs is 1. The Bertz CT molecular complexity index is 577. The molecule has 0 aliphatic carbocycles. The van der Waals surface area contributed by atoms with Crippen molar-refractivity contribution in [1.82, 2.24) is 0 Å². The van der Waals surface area contributed by atoms with Gasteiger partial charge in [0.1, 0.15) is 16.9 Å². The maximum Gasteiger partial charge on any atom is 0.161 e. The van der Waals surface area contributed by atoms with E-state index in [2.05, 4.69) is 0 Å². The van der Waals surface area contributed by atoms with Crippen molar-refractivity contribution < 1.29 is 13.9 Å². The molecular weight excluding hydrogens is 264 g/mol. The summed E-state index contributed by atoms with van der Waals surface area (Å²) in [5.41, 5.74) is 0.945.